The Hall–Kier alpha value is -4.26. The fourth-order valence-electron chi connectivity index (χ4n) is 5.83. The van der Waals surface area contributed by atoms with Gasteiger partial charge in [0.2, 0.25) is 17.7 Å². The Morgan fingerprint density at radius 3 is 2.57 bits per heavy atom. The lowest BCUT2D eigenvalue weighted by molar-refractivity contribution is -0.139. The Balaban J connectivity index is 1.19. The van der Waals surface area contributed by atoms with Crippen LogP contribution in [0.5, 0.6) is 5.75 Å². The second-order valence-electron chi connectivity index (χ2n) is 9.99. The van der Waals surface area contributed by atoms with Crippen LogP contribution in [-0.4, -0.2) is 30.2 Å². The van der Waals surface area contributed by atoms with Gasteiger partial charge < -0.3 is 9.64 Å². The molecule has 7 nitrogen and oxygen atoms in total. The van der Waals surface area contributed by atoms with E-state index in [1.165, 1.54) is 4.90 Å². The largest absolute Gasteiger partial charge is 0.426 e. The van der Waals surface area contributed by atoms with Gasteiger partial charge in [-0.15, -0.1) is 0 Å². The number of ether oxygens (including phenoxy) is 1. The van der Waals surface area contributed by atoms with Crippen LogP contribution in [0.2, 0.25) is 0 Å². The number of anilines is 2. The van der Waals surface area contributed by atoms with Gasteiger partial charge in [-0.1, -0.05) is 61.5 Å². The summed E-state index contributed by atoms with van der Waals surface area (Å²) in [6.07, 6.45) is 4.55. The molecule has 0 bridgehead atoms. The average molecular weight is 495 g/mol. The first kappa shape index (κ1) is 23.2. The Morgan fingerprint density at radius 1 is 0.946 bits per heavy atom. The third kappa shape index (κ3) is 3.91. The standard InChI is InChI=1S/C30H26N2O5/c1-18-7-4-13-24-27(18)29(35)32(28(24)34)21-10-6-11-22(16-21)37-30(36)20-15-26(33)31(17-20)25-14-5-9-19-8-2-3-12-23(19)25/h2-12,14,16,18,20,24,27H,13,15,17H2,1H3/t18-,20+,24+,27+/m1/s1. The molecule has 0 aromatic heterocycles. The Kier molecular flexibility index (Phi) is 5.63. The monoisotopic (exact) mass is 494 g/mol. The van der Waals surface area contributed by atoms with Crippen molar-refractivity contribution in [2.45, 2.75) is 19.8 Å². The lowest BCUT2D eigenvalue weighted by atomic mass is 9.78. The summed E-state index contributed by atoms with van der Waals surface area (Å²) in [5.74, 6) is -2.21. The summed E-state index contributed by atoms with van der Waals surface area (Å²) >= 11 is 0. The van der Waals surface area contributed by atoms with Crippen molar-refractivity contribution in [3.05, 3.63) is 78.9 Å². The van der Waals surface area contributed by atoms with E-state index in [0.717, 1.165) is 16.5 Å². The number of hydrogen-bond donors (Lipinski definition) is 0. The number of esters is 1. The van der Waals surface area contributed by atoms with Gasteiger partial charge >= 0.3 is 5.97 Å². The number of carbonyl (C=O) groups is 4. The molecule has 3 aromatic rings. The van der Waals surface area contributed by atoms with Gasteiger partial charge in [0.1, 0.15) is 5.75 Å². The summed E-state index contributed by atoms with van der Waals surface area (Å²) in [6, 6.07) is 20.1. The SMILES string of the molecule is C[C@@H]1C=CC[C@@H]2C(=O)N(c3cccc(OC(=O)[C@H]4CC(=O)N(c5cccc6ccccc56)C4)c3)C(=O)[C@@H]12. The number of fused-ring (bicyclic) bond motifs is 2. The first-order valence-corrected chi connectivity index (χ1v) is 12.6. The second-order valence-corrected chi connectivity index (χ2v) is 9.99. The van der Waals surface area contributed by atoms with Crippen molar-refractivity contribution in [2.24, 2.45) is 23.7 Å². The zero-order valence-electron chi connectivity index (χ0n) is 20.4. The molecule has 3 amide bonds. The minimum absolute atomic E-state index is 0.00852. The molecule has 1 aliphatic carbocycles. The van der Waals surface area contributed by atoms with Crippen molar-refractivity contribution in [3.8, 4) is 5.75 Å². The van der Waals surface area contributed by atoms with Gasteiger partial charge in [-0.2, -0.15) is 0 Å². The van der Waals surface area contributed by atoms with Crippen molar-refractivity contribution in [3.63, 3.8) is 0 Å². The van der Waals surface area contributed by atoms with Crippen molar-refractivity contribution in [2.75, 3.05) is 16.3 Å². The molecule has 2 heterocycles. The molecule has 37 heavy (non-hydrogen) atoms. The molecular formula is C30H26N2O5. The molecule has 7 heteroatoms. The average Bonchev–Trinajstić information content (AvgIpc) is 3.41. The summed E-state index contributed by atoms with van der Waals surface area (Å²) in [7, 11) is 0. The summed E-state index contributed by atoms with van der Waals surface area (Å²) in [5.41, 5.74) is 1.17. The van der Waals surface area contributed by atoms with E-state index in [1.807, 2.05) is 61.5 Å². The lowest BCUT2D eigenvalue weighted by Crippen LogP contribution is -2.31. The fourth-order valence-corrected chi connectivity index (χ4v) is 5.83. The van der Waals surface area contributed by atoms with Gasteiger partial charge in [0.25, 0.3) is 0 Å². The second kappa shape index (κ2) is 9.00. The van der Waals surface area contributed by atoms with E-state index < -0.39 is 11.9 Å². The van der Waals surface area contributed by atoms with E-state index in [9.17, 15) is 19.2 Å². The van der Waals surface area contributed by atoms with E-state index in [1.54, 1.807) is 29.2 Å². The molecule has 0 radical (unpaired) electrons. The molecule has 3 aliphatic rings. The molecule has 4 atom stereocenters. The summed E-state index contributed by atoms with van der Waals surface area (Å²) in [5, 5.41) is 1.97. The van der Waals surface area contributed by atoms with E-state index in [0.29, 0.717) is 12.1 Å². The summed E-state index contributed by atoms with van der Waals surface area (Å²) in [4.78, 5) is 55.0. The van der Waals surface area contributed by atoms with Gasteiger partial charge in [-0.3, -0.25) is 19.2 Å². The number of amides is 3. The van der Waals surface area contributed by atoms with Crippen LogP contribution in [-0.2, 0) is 19.2 Å². The Bertz CT molecular complexity index is 1470. The Labute approximate surface area is 214 Å². The molecule has 186 valence electrons. The number of imide groups is 1. The van der Waals surface area contributed by atoms with Crippen molar-refractivity contribution in [1.82, 2.24) is 0 Å². The summed E-state index contributed by atoms with van der Waals surface area (Å²) in [6.45, 7) is 2.17. The zero-order chi connectivity index (χ0) is 25.7. The van der Waals surface area contributed by atoms with E-state index in [4.69, 9.17) is 4.74 Å². The number of carbonyl (C=O) groups excluding carboxylic acids is 4. The molecular weight excluding hydrogens is 468 g/mol. The Morgan fingerprint density at radius 2 is 1.73 bits per heavy atom. The highest BCUT2D eigenvalue weighted by molar-refractivity contribution is 6.22. The van der Waals surface area contributed by atoms with Gasteiger partial charge in [0.05, 0.1) is 29.1 Å². The lowest BCUT2D eigenvalue weighted by Gasteiger charge is -2.22. The molecule has 0 saturated carbocycles. The molecule has 2 fully saturated rings. The fraction of sp³-hybridized carbons (Fsp3) is 0.267. The quantitative estimate of drug-likeness (QED) is 0.231. The number of rotatable bonds is 4. The maximum atomic E-state index is 13.1. The number of hydrogen-bond acceptors (Lipinski definition) is 5. The third-order valence-corrected chi connectivity index (χ3v) is 7.68. The molecule has 0 unspecified atom stereocenters. The highest BCUT2D eigenvalue weighted by atomic mass is 16.5. The predicted molar refractivity (Wildman–Crippen MR) is 139 cm³/mol. The minimum Gasteiger partial charge on any atom is -0.426 e. The number of nitrogens with zero attached hydrogens (tertiary/aromatic N) is 2. The maximum absolute atomic E-state index is 13.1. The van der Waals surface area contributed by atoms with Gasteiger partial charge in [0, 0.05) is 24.4 Å². The normalized spacial score (nSPS) is 25.2. The van der Waals surface area contributed by atoms with E-state index in [-0.39, 0.29) is 54.2 Å². The highest BCUT2D eigenvalue weighted by Crippen LogP contribution is 2.41. The zero-order valence-corrected chi connectivity index (χ0v) is 20.4. The minimum atomic E-state index is -0.625. The predicted octanol–water partition coefficient (Wildman–Crippen LogP) is 4.50. The van der Waals surface area contributed by atoms with Crippen LogP contribution in [0, 0.1) is 23.7 Å². The van der Waals surface area contributed by atoms with Gasteiger partial charge in [0.15, 0.2) is 0 Å². The number of benzene rings is 3. The van der Waals surface area contributed by atoms with Crippen LogP contribution < -0.4 is 14.5 Å². The maximum Gasteiger partial charge on any atom is 0.316 e. The number of allylic oxidation sites excluding steroid dienone is 2. The van der Waals surface area contributed by atoms with Crippen LogP contribution in [0.3, 0.4) is 0 Å². The molecule has 0 spiro atoms. The van der Waals surface area contributed by atoms with Crippen LogP contribution in [0.15, 0.2) is 78.9 Å². The first-order chi connectivity index (χ1) is 17.9. The van der Waals surface area contributed by atoms with Crippen LogP contribution >= 0.6 is 0 Å². The molecule has 3 aromatic carbocycles. The first-order valence-electron chi connectivity index (χ1n) is 12.6. The van der Waals surface area contributed by atoms with E-state index >= 15 is 0 Å². The van der Waals surface area contributed by atoms with E-state index in [2.05, 4.69) is 0 Å². The molecule has 2 saturated heterocycles. The van der Waals surface area contributed by atoms with Crippen LogP contribution in [0.4, 0.5) is 11.4 Å². The summed E-state index contributed by atoms with van der Waals surface area (Å²) < 4.78 is 5.65. The van der Waals surface area contributed by atoms with Crippen LogP contribution in [0.1, 0.15) is 19.8 Å². The van der Waals surface area contributed by atoms with Gasteiger partial charge in [-0.25, -0.2) is 4.90 Å². The molecule has 0 N–H and O–H groups in total. The van der Waals surface area contributed by atoms with Crippen molar-refractivity contribution >= 4 is 45.8 Å². The van der Waals surface area contributed by atoms with Crippen molar-refractivity contribution in [1.29, 1.82) is 0 Å². The van der Waals surface area contributed by atoms with Crippen LogP contribution in [0.25, 0.3) is 10.8 Å². The van der Waals surface area contributed by atoms with Gasteiger partial charge in [-0.05, 0) is 35.9 Å². The van der Waals surface area contributed by atoms with Crippen molar-refractivity contribution < 1.29 is 23.9 Å². The highest BCUT2D eigenvalue weighted by Gasteiger charge is 2.50. The molecule has 6 rings (SSSR count). The smallest absolute Gasteiger partial charge is 0.316 e. The topological polar surface area (TPSA) is 84.0 Å². The third-order valence-electron chi connectivity index (χ3n) is 7.68. The molecule has 2 aliphatic heterocycles.